The molecule has 2 aromatic rings. The van der Waals surface area contributed by atoms with E-state index in [1.54, 1.807) is 0 Å². The lowest BCUT2D eigenvalue weighted by Crippen LogP contribution is -3.00. The quantitative estimate of drug-likeness (QED) is 0.212. The van der Waals surface area contributed by atoms with E-state index in [0.717, 1.165) is 112 Å². The van der Waals surface area contributed by atoms with Gasteiger partial charge >= 0.3 is 0 Å². The summed E-state index contributed by atoms with van der Waals surface area (Å²) in [6.07, 6.45) is 4.39. The Morgan fingerprint density at radius 1 is 0.619 bits per heavy atom. The predicted molar refractivity (Wildman–Crippen MR) is 164 cm³/mol. The number of rotatable bonds is 13. The van der Waals surface area contributed by atoms with Crippen molar-refractivity contribution in [2.75, 3.05) is 92.0 Å². The standard InChI is InChI=1S/C34H50N2O4.2BrH/c1-5-33(29-9-13-31(14-10-29)39-27-21-35(7-3)17-23-37-24-18-35)34(6-2)30-11-15-32(16-12-30)40-28-22-36(8-4)19-25-38-26-20-36;;/h5-6,9-16H,7-8,17-28H2,1-4H3;2*1H/q+2;;/p-2/b33-5-,34-6-;;. The summed E-state index contributed by atoms with van der Waals surface area (Å²) in [6.45, 7) is 22.3. The van der Waals surface area contributed by atoms with Crippen molar-refractivity contribution in [3.63, 3.8) is 0 Å². The summed E-state index contributed by atoms with van der Waals surface area (Å²) in [5, 5.41) is 0. The third kappa shape index (κ3) is 9.66. The van der Waals surface area contributed by atoms with Gasteiger partial charge in [0, 0.05) is 0 Å². The van der Waals surface area contributed by atoms with Crippen LogP contribution in [-0.2, 0) is 9.47 Å². The average molecular weight is 711 g/mol. The summed E-state index contributed by atoms with van der Waals surface area (Å²) >= 11 is 0. The highest BCUT2D eigenvalue weighted by Gasteiger charge is 2.29. The second-order valence-electron chi connectivity index (χ2n) is 11.0. The number of benzene rings is 2. The van der Waals surface area contributed by atoms with E-state index in [1.165, 1.54) is 22.3 Å². The fraction of sp³-hybridized carbons (Fsp3) is 0.529. The molecule has 8 heteroatoms. The first-order valence-corrected chi connectivity index (χ1v) is 15.2. The van der Waals surface area contributed by atoms with E-state index < -0.39 is 0 Å². The van der Waals surface area contributed by atoms with Crippen LogP contribution in [0.1, 0.15) is 38.8 Å². The summed E-state index contributed by atoms with van der Waals surface area (Å²) in [6, 6.07) is 17.1. The van der Waals surface area contributed by atoms with Crippen LogP contribution >= 0.6 is 0 Å². The lowest BCUT2D eigenvalue weighted by Gasteiger charge is -2.40. The second-order valence-corrected chi connectivity index (χ2v) is 11.0. The highest BCUT2D eigenvalue weighted by molar-refractivity contribution is 6.04. The number of hydrogen-bond acceptors (Lipinski definition) is 4. The van der Waals surface area contributed by atoms with Crippen LogP contribution in [0.4, 0.5) is 0 Å². The van der Waals surface area contributed by atoms with Gasteiger partial charge in [-0.15, -0.1) is 0 Å². The van der Waals surface area contributed by atoms with E-state index in [4.69, 9.17) is 18.9 Å². The molecule has 2 aliphatic heterocycles. The summed E-state index contributed by atoms with van der Waals surface area (Å²) in [4.78, 5) is 0. The van der Waals surface area contributed by atoms with Crippen molar-refractivity contribution in [2.45, 2.75) is 27.7 Å². The number of likely N-dealkylation sites (N-methyl/N-ethyl adjacent to an activating group) is 2. The molecule has 0 N–H and O–H groups in total. The van der Waals surface area contributed by atoms with Crippen molar-refractivity contribution in [1.29, 1.82) is 0 Å². The molecule has 2 fully saturated rings. The minimum Gasteiger partial charge on any atom is -1.00 e. The van der Waals surface area contributed by atoms with E-state index in [9.17, 15) is 0 Å². The van der Waals surface area contributed by atoms with Crippen molar-refractivity contribution in [1.82, 2.24) is 0 Å². The van der Waals surface area contributed by atoms with Crippen LogP contribution in [-0.4, -0.2) is 101 Å². The van der Waals surface area contributed by atoms with Crippen LogP contribution in [0.3, 0.4) is 0 Å². The fourth-order valence-electron chi connectivity index (χ4n) is 5.99. The summed E-state index contributed by atoms with van der Waals surface area (Å²) in [5.74, 6) is 1.85. The van der Waals surface area contributed by atoms with E-state index in [1.807, 2.05) is 0 Å². The Morgan fingerprint density at radius 3 is 1.24 bits per heavy atom. The molecule has 2 heterocycles. The first-order chi connectivity index (χ1) is 19.6. The topological polar surface area (TPSA) is 36.9 Å². The SMILES string of the molecule is C/C=C(\C(=C/C)c1ccc(OCC[N+]2(CC)CCOCC2)cc1)c1ccc(OCC[N+]2(CC)CCOCC2)cc1.[Br-].[Br-]. The summed E-state index contributed by atoms with van der Waals surface area (Å²) in [7, 11) is 0. The van der Waals surface area contributed by atoms with Crippen LogP contribution in [0.5, 0.6) is 11.5 Å². The molecule has 2 saturated heterocycles. The van der Waals surface area contributed by atoms with E-state index in [2.05, 4.69) is 88.4 Å². The second kappa shape index (κ2) is 18.2. The van der Waals surface area contributed by atoms with Crippen LogP contribution < -0.4 is 43.4 Å². The van der Waals surface area contributed by atoms with Gasteiger partial charge in [-0.2, -0.15) is 0 Å². The minimum absolute atomic E-state index is 0. The molecule has 6 nitrogen and oxygen atoms in total. The van der Waals surface area contributed by atoms with E-state index in [0.29, 0.717) is 0 Å². The highest BCUT2D eigenvalue weighted by Crippen LogP contribution is 2.33. The van der Waals surface area contributed by atoms with E-state index >= 15 is 0 Å². The van der Waals surface area contributed by atoms with E-state index in [-0.39, 0.29) is 34.0 Å². The molecule has 4 rings (SSSR count). The first-order valence-electron chi connectivity index (χ1n) is 15.2. The number of hydrogen-bond donors (Lipinski definition) is 0. The minimum atomic E-state index is 0. The van der Waals surface area contributed by atoms with Gasteiger partial charge in [-0.05, 0) is 74.2 Å². The normalized spacial score (nSPS) is 18.4. The Morgan fingerprint density at radius 2 is 0.952 bits per heavy atom. The van der Waals surface area contributed by atoms with Crippen molar-refractivity contribution in [3.05, 3.63) is 71.8 Å². The largest absolute Gasteiger partial charge is 1.00 e. The van der Waals surface area contributed by atoms with Crippen molar-refractivity contribution in [2.24, 2.45) is 0 Å². The van der Waals surface area contributed by atoms with Gasteiger partial charge in [0.05, 0.1) is 39.5 Å². The van der Waals surface area contributed by atoms with Gasteiger partial charge in [-0.1, -0.05) is 36.4 Å². The van der Waals surface area contributed by atoms with Gasteiger partial charge in [0.25, 0.3) is 0 Å². The molecule has 0 radical (unpaired) electrons. The first kappa shape index (κ1) is 36.5. The fourth-order valence-corrected chi connectivity index (χ4v) is 5.99. The van der Waals surface area contributed by atoms with Crippen LogP contribution in [0.2, 0.25) is 0 Å². The number of halogens is 2. The summed E-state index contributed by atoms with van der Waals surface area (Å²) in [5.41, 5.74) is 4.81. The van der Waals surface area contributed by atoms with Crippen LogP contribution in [0, 0.1) is 0 Å². The van der Waals surface area contributed by atoms with Gasteiger partial charge in [0.15, 0.2) is 0 Å². The van der Waals surface area contributed by atoms with Gasteiger partial charge in [0.1, 0.15) is 64.0 Å². The van der Waals surface area contributed by atoms with Gasteiger partial charge in [0.2, 0.25) is 0 Å². The third-order valence-corrected chi connectivity index (χ3v) is 9.05. The Hall–Kier alpha value is -1.68. The molecular weight excluding hydrogens is 660 g/mol. The number of nitrogens with zero attached hydrogens (tertiary/aromatic N) is 2. The zero-order valence-corrected chi connectivity index (χ0v) is 29.1. The molecule has 0 saturated carbocycles. The molecule has 2 aromatic carbocycles. The number of ether oxygens (including phenoxy) is 4. The Kier molecular flexibility index (Phi) is 15.8. The molecule has 0 unspecified atom stereocenters. The lowest BCUT2D eigenvalue weighted by atomic mass is 9.92. The molecule has 0 bridgehead atoms. The van der Waals surface area contributed by atoms with Gasteiger partial charge in [-0.25, -0.2) is 0 Å². The molecule has 2 aliphatic rings. The van der Waals surface area contributed by atoms with Crippen LogP contribution in [0.15, 0.2) is 60.7 Å². The maximum Gasteiger partial charge on any atom is 0.137 e. The Bertz CT molecular complexity index is 1020. The lowest BCUT2D eigenvalue weighted by molar-refractivity contribution is -0.933. The number of morpholine rings is 2. The molecule has 0 spiro atoms. The molecule has 234 valence electrons. The van der Waals surface area contributed by atoms with Crippen molar-refractivity contribution < 1.29 is 61.9 Å². The van der Waals surface area contributed by atoms with Crippen molar-refractivity contribution in [3.8, 4) is 11.5 Å². The zero-order valence-electron chi connectivity index (χ0n) is 26.0. The Balaban J connectivity index is 0.00000308. The maximum atomic E-state index is 6.16. The molecule has 0 atom stereocenters. The molecular formula is C34H50Br2N2O4. The molecule has 0 aliphatic carbocycles. The molecule has 42 heavy (non-hydrogen) atoms. The molecule has 0 amide bonds. The average Bonchev–Trinajstić information content (AvgIpc) is 3.02. The van der Waals surface area contributed by atoms with Crippen molar-refractivity contribution >= 4 is 11.1 Å². The monoisotopic (exact) mass is 708 g/mol. The molecule has 0 aromatic heterocycles. The number of quaternary nitrogens is 2. The predicted octanol–water partition coefficient (Wildman–Crippen LogP) is -0.307. The van der Waals surface area contributed by atoms with Gasteiger partial charge in [-0.3, -0.25) is 0 Å². The Labute approximate surface area is 275 Å². The highest BCUT2D eigenvalue weighted by atomic mass is 79.9. The maximum absolute atomic E-state index is 6.16. The summed E-state index contributed by atoms with van der Waals surface area (Å²) < 4.78 is 25.6. The zero-order chi connectivity index (χ0) is 28.3. The number of allylic oxidation sites excluding steroid dienone is 4. The smallest absolute Gasteiger partial charge is 0.137 e. The van der Waals surface area contributed by atoms with Crippen LogP contribution in [0.25, 0.3) is 11.1 Å². The third-order valence-electron chi connectivity index (χ3n) is 9.05. The van der Waals surface area contributed by atoms with Gasteiger partial charge < -0.3 is 61.9 Å².